The van der Waals surface area contributed by atoms with Crippen molar-refractivity contribution in [2.45, 2.75) is 6.42 Å². The third-order valence-electron chi connectivity index (χ3n) is 5.35. The smallest absolute Gasteiger partial charge is 0.309 e. The van der Waals surface area contributed by atoms with E-state index in [1.54, 1.807) is 23.2 Å². The highest BCUT2D eigenvalue weighted by atomic mass is 35.5. The van der Waals surface area contributed by atoms with Crippen molar-refractivity contribution in [2.24, 2.45) is 5.10 Å². The predicted molar refractivity (Wildman–Crippen MR) is 149 cm³/mol. The van der Waals surface area contributed by atoms with E-state index in [0.29, 0.717) is 16.1 Å². The Labute approximate surface area is 226 Å². The van der Waals surface area contributed by atoms with E-state index >= 15 is 0 Å². The molecule has 0 unspecified atom stereocenters. The molecule has 0 atom stereocenters. The quantitative estimate of drug-likeness (QED) is 0.239. The van der Waals surface area contributed by atoms with Crippen molar-refractivity contribution in [3.63, 3.8) is 0 Å². The zero-order valence-corrected chi connectivity index (χ0v) is 22.1. The molecule has 38 heavy (non-hydrogen) atoms. The summed E-state index contributed by atoms with van der Waals surface area (Å²) in [5.74, 6) is 1.07. The van der Waals surface area contributed by atoms with Crippen LogP contribution in [-0.2, 0) is 0 Å². The Morgan fingerprint density at radius 3 is 2.58 bits per heavy atom. The summed E-state index contributed by atoms with van der Waals surface area (Å²) >= 11 is 5.93. The number of aromatic nitrogens is 1. The maximum Gasteiger partial charge on any atom is 0.334 e. The summed E-state index contributed by atoms with van der Waals surface area (Å²) in [4.78, 5) is 33.6. The van der Waals surface area contributed by atoms with Crippen molar-refractivity contribution in [2.75, 3.05) is 44.4 Å². The topological polar surface area (TPSA) is 81.1 Å². The van der Waals surface area contributed by atoms with Crippen LogP contribution in [0.5, 0.6) is 0 Å². The SMILES string of the molecule is C#Cc1cccc(C(=O)N(C(=O)Nc2ccc(C=NN(C)CCCN(C)C)cc2F)c2ccc(Cl)cn2)c1. The number of benzene rings is 2. The molecule has 0 saturated carbocycles. The fourth-order valence-electron chi connectivity index (χ4n) is 3.39. The Kier molecular flexibility index (Phi) is 9.93. The third-order valence-corrected chi connectivity index (χ3v) is 5.57. The van der Waals surface area contributed by atoms with E-state index in [1.807, 2.05) is 21.1 Å². The lowest BCUT2D eigenvalue weighted by molar-refractivity contribution is 0.0995. The first-order chi connectivity index (χ1) is 18.2. The van der Waals surface area contributed by atoms with Gasteiger partial charge in [-0.05, 0) is 75.1 Å². The van der Waals surface area contributed by atoms with E-state index in [0.717, 1.165) is 24.4 Å². The number of nitrogens with one attached hydrogen (secondary N) is 1. The molecule has 0 bridgehead atoms. The molecule has 3 aromatic rings. The van der Waals surface area contributed by atoms with Crippen LogP contribution in [0, 0.1) is 18.2 Å². The van der Waals surface area contributed by atoms with Gasteiger partial charge >= 0.3 is 6.03 Å². The molecule has 0 radical (unpaired) electrons. The van der Waals surface area contributed by atoms with Gasteiger partial charge in [0.25, 0.3) is 5.91 Å². The highest BCUT2D eigenvalue weighted by Gasteiger charge is 2.27. The summed E-state index contributed by atoms with van der Waals surface area (Å²) in [5.41, 5.74) is 1.02. The first-order valence-corrected chi connectivity index (χ1v) is 12.1. The minimum absolute atomic E-state index is 0.00414. The molecule has 0 spiro atoms. The summed E-state index contributed by atoms with van der Waals surface area (Å²) in [7, 11) is 5.85. The Balaban J connectivity index is 1.79. The van der Waals surface area contributed by atoms with Crippen molar-refractivity contribution in [1.29, 1.82) is 0 Å². The summed E-state index contributed by atoms with van der Waals surface area (Å²) in [6.45, 7) is 1.68. The molecule has 10 heteroatoms. The van der Waals surface area contributed by atoms with Crippen LogP contribution in [0.25, 0.3) is 0 Å². The standard InChI is InChI=1S/C28H28ClFN6O2/c1-5-20-8-6-9-22(16-20)27(37)36(26-13-11-23(29)19-31-26)28(38)33-25-12-10-21(17-24(25)30)18-32-35(4)15-7-14-34(2)3/h1,6,8-13,16-19H,7,14-15H2,2-4H3,(H,33,38). The van der Waals surface area contributed by atoms with Crippen molar-refractivity contribution in [3.8, 4) is 12.3 Å². The lowest BCUT2D eigenvalue weighted by Crippen LogP contribution is -2.41. The number of nitrogens with zero attached hydrogens (tertiary/aromatic N) is 5. The zero-order valence-electron chi connectivity index (χ0n) is 21.4. The van der Waals surface area contributed by atoms with E-state index < -0.39 is 17.8 Å². The molecule has 0 aliphatic heterocycles. The second-order valence-electron chi connectivity index (χ2n) is 8.65. The Morgan fingerprint density at radius 2 is 1.92 bits per heavy atom. The first-order valence-electron chi connectivity index (χ1n) is 11.7. The lowest BCUT2D eigenvalue weighted by atomic mass is 10.1. The maximum absolute atomic E-state index is 14.9. The maximum atomic E-state index is 14.9. The number of carbonyl (C=O) groups excluding carboxylic acids is 2. The van der Waals surface area contributed by atoms with Crippen LogP contribution >= 0.6 is 11.6 Å². The molecule has 2 aromatic carbocycles. The highest BCUT2D eigenvalue weighted by Crippen LogP contribution is 2.21. The number of halogens is 2. The van der Waals surface area contributed by atoms with E-state index in [9.17, 15) is 14.0 Å². The van der Waals surface area contributed by atoms with Gasteiger partial charge in [0.2, 0.25) is 0 Å². The van der Waals surface area contributed by atoms with Crippen LogP contribution in [0.1, 0.15) is 27.9 Å². The van der Waals surface area contributed by atoms with Crippen LogP contribution in [0.3, 0.4) is 0 Å². The largest absolute Gasteiger partial charge is 0.334 e. The molecule has 3 rings (SSSR count). The average Bonchev–Trinajstić information content (AvgIpc) is 2.90. The van der Waals surface area contributed by atoms with Crippen molar-refractivity contribution < 1.29 is 14.0 Å². The van der Waals surface area contributed by atoms with Gasteiger partial charge < -0.3 is 15.2 Å². The van der Waals surface area contributed by atoms with E-state index in [2.05, 4.69) is 26.2 Å². The minimum Gasteiger partial charge on any atom is -0.309 e. The van der Waals surface area contributed by atoms with Crippen LogP contribution < -0.4 is 10.2 Å². The number of imide groups is 1. The van der Waals surface area contributed by atoms with Gasteiger partial charge in [0.05, 0.1) is 16.9 Å². The molecular weight excluding hydrogens is 507 g/mol. The number of hydrogen-bond acceptors (Lipinski definition) is 6. The van der Waals surface area contributed by atoms with Gasteiger partial charge in [-0.15, -0.1) is 6.42 Å². The second-order valence-corrected chi connectivity index (χ2v) is 9.09. The van der Waals surface area contributed by atoms with Crippen molar-refractivity contribution in [3.05, 3.63) is 88.3 Å². The molecule has 8 nitrogen and oxygen atoms in total. The zero-order chi connectivity index (χ0) is 27.7. The number of pyridine rings is 1. The number of anilines is 2. The third kappa shape index (κ3) is 7.87. The molecule has 0 aliphatic carbocycles. The number of hydrazone groups is 1. The number of amides is 3. The van der Waals surface area contributed by atoms with E-state index in [4.69, 9.17) is 18.0 Å². The van der Waals surface area contributed by atoms with Crippen LogP contribution in [-0.4, -0.2) is 67.3 Å². The average molecular weight is 535 g/mol. The highest BCUT2D eigenvalue weighted by molar-refractivity contribution is 6.30. The normalized spacial score (nSPS) is 10.9. The fraction of sp³-hybridized carbons (Fsp3) is 0.214. The van der Waals surface area contributed by atoms with Gasteiger partial charge in [-0.1, -0.05) is 29.7 Å². The summed E-state index contributed by atoms with van der Waals surface area (Å²) in [6.07, 6.45) is 9.22. The Hall–Kier alpha value is -4.26. The van der Waals surface area contributed by atoms with Crippen LogP contribution in [0.4, 0.5) is 20.7 Å². The molecule has 0 saturated heterocycles. The van der Waals surface area contributed by atoms with Gasteiger partial charge in [0.15, 0.2) is 0 Å². The number of hydrogen-bond donors (Lipinski definition) is 1. The monoisotopic (exact) mass is 534 g/mol. The molecule has 1 heterocycles. The number of rotatable bonds is 9. The van der Waals surface area contributed by atoms with Crippen LogP contribution in [0.2, 0.25) is 5.02 Å². The van der Waals surface area contributed by atoms with Crippen molar-refractivity contribution in [1.82, 2.24) is 14.9 Å². The summed E-state index contributed by atoms with van der Waals surface area (Å²) in [5, 5.41) is 8.86. The minimum atomic E-state index is -0.906. The molecule has 3 amide bonds. The number of terminal acetylenes is 1. The molecule has 0 fully saturated rings. The Morgan fingerprint density at radius 1 is 1.13 bits per heavy atom. The molecule has 196 valence electrons. The Bertz CT molecular complexity index is 1350. The van der Waals surface area contributed by atoms with Gasteiger partial charge in [-0.2, -0.15) is 5.10 Å². The van der Waals surface area contributed by atoms with E-state index in [1.165, 1.54) is 48.8 Å². The van der Waals surface area contributed by atoms with Gasteiger partial charge in [0, 0.05) is 30.9 Å². The molecule has 1 N–H and O–H groups in total. The number of carbonyl (C=O) groups is 2. The number of urea groups is 1. The second kappa shape index (κ2) is 13.3. The fourth-order valence-corrected chi connectivity index (χ4v) is 3.51. The molecule has 0 aliphatic rings. The summed E-state index contributed by atoms with van der Waals surface area (Å²) < 4.78 is 14.9. The van der Waals surface area contributed by atoms with Gasteiger partial charge in [-0.25, -0.2) is 19.1 Å². The first kappa shape index (κ1) is 28.3. The molecular formula is C28H28ClFN6O2. The lowest BCUT2D eigenvalue weighted by Gasteiger charge is -2.21. The van der Waals surface area contributed by atoms with Gasteiger partial charge in [0.1, 0.15) is 11.6 Å². The predicted octanol–water partition coefficient (Wildman–Crippen LogP) is 4.95. The summed E-state index contributed by atoms with van der Waals surface area (Å²) in [6, 6.07) is 12.5. The van der Waals surface area contributed by atoms with Crippen molar-refractivity contribution >= 4 is 41.3 Å². The van der Waals surface area contributed by atoms with Crippen LogP contribution in [0.15, 0.2) is 65.9 Å². The molecule has 1 aromatic heterocycles. The van der Waals surface area contributed by atoms with Gasteiger partial charge in [-0.3, -0.25) is 4.79 Å². The van der Waals surface area contributed by atoms with E-state index in [-0.39, 0.29) is 17.1 Å².